The fourth-order valence-electron chi connectivity index (χ4n) is 6.63. The van der Waals surface area contributed by atoms with Crippen LogP contribution in [0.25, 0.3) is 0 Å². The highest BCUT2D eigenvalue weighted by molar-refractivity contribution is 5.87. The highest BCUT2D eigenvalue weighted by Crippen LogP contribution is 2.60. The standard InChI is InChI=1S/C23H36O4/c1-16(2)22(24)27-21-19-8-18-9-20(21)12-23(10-18,11-19)14-26-15-25-13-17-6-4-3-5-7-17/h17-21H,1,3-15H2,2H3. The van der Waals surface area contributed by atoms with Crippen LogP contribution in [0.2, 0.25) is 0 Å². The second-order valence-electron chi connectivity index (χ2n) is 9.96. The molecule has 4 heteroatoms. The molecule has 2 unspecified atom stereocenters. The van der Waals surface area contributed by atoms with Crippen molar-refractivity contribution in [3.63, 3.8) is 0 Å². The molecule has 5 aliphatic rings. The van der Waals surface area contributed by atoms with Gasteiger partial charge in [0.05, 0.1) is 13.2 Å². The first-order chi connectivity index (χ1) is 13.0. The predicted molar refractivity (Wildman–Crippen MR) is 104 cm³/mol. The summed E-state index contributed by atoms with van der Waals surface area (Å²) in [4.78, 5) is 12.0. The molecular formula is C23H36O4. The highest BCUT2D eigenvalue weighted by Gasteiger charge is 2.56. The summed E-state index contributed by atoms with van der Waals surface area (Å²) in [6.07, 6.45) is 12.8. The second kappa shape index (κ2) is 8.24. The topological polar surface area (TPSA) is 44.8 Å². The number of esters is 1. The van der Waals surface area contributed by atoms with Crippen LogP contribution in [-0.4, -0.2) is 32.1 Å². The molecule has 27 heavy (non-hydrogen) atoms. The third-order valence-electron chi connectivity index (χ3n) is 7.56. The average Bonchev–Trinajstić information content (AvgIpc) is 2.64. The molecule has 4 bridgehead atoms. The van der Waals surface area contributed by atoms with E-state index >= 15 is 0 Å². The van der Waals surface area contributed by atoms with Crippen LogP contribution >= 0.6 is 0 Å². The SMILES string of the molecule is C=C(C)C(=O)OC1C2CC3CC1CC(COCOCC1CCCCC1)(C3)C2. The van der Waals surface area contributed by atoms with Crippen molar-refractivity contribution in [3.8, 4) is 0 Å². The maximum Gasteiger partial charge on any atom is 0.333 e. The summed E-state index contributed by atoms with van der Waals surface area (Å²) < 4.78 is 17.7. The van der Waals surface area contributed by atoms with Gasteiger partial charge < -0.3 is 14.2 Å². The van der Waals surface area contributed by atoms with Gasteiger partial charge in [0.1, 0.15) is 12.9 Å². The van der Waals surface area contributed by atoms with Crippen LogP contribution in [0.5, 0.6) is 0 Å². The molecule has 0 spiro atoms. The fraction of sp³-hybridized carbons (Fsp3) is 0.870. The van der Waals surface area contributed by atoms with E-state index in [-0.39, 0.29) is 17.5 Å². The largest absolute Gasteiger partial charge is 0.458 e. The maximum atomic E-state index is 12.0. The van der Waals surface area contributed by atoms with Crippen molar-refractivity contribution in [3.05, 3.63) is 12.2 Å². The van der Waals surface area contributed by atoms with Gasteiger partial charge in [-0.3, -0.25) is 0 Å². The van der Waals surface area contributed by atoms with Gasteiger partial charge >= 0.3 is 5.97 Å². The number of rotatable bonds is 8. The van der Waals surface area contributed by atoms with Gasteiger partial charge in [0.25, 0.3) is 0 Å². The number of ether oxygens (including phenoxy) is 3. The van der Waals surface area contributed by atoms with Crippen LogP contribution in [0.3, 0.4) is 0 Å². The minimum atomic E-state index is -0.214. The van der Waals surface area contributed by atoms with Gasteiger partial charge in [0, 0.05) is 5.57 Å². The zero-order chi connectivity index (χ0) is 18.9. The molecule has 5 saturated carbocycles. The Balaban J connectivity index is 1.24. The molecule has 0 saturated heterocycles. The second-order valence-corrected chi connectivity index (χ2v) is 9.96. The van der Waals surface area contributed by atoms with Crippen LogP contribution in [0.4, 0.5) is 0 Å². The van der Waals surface area contributed by atoms with E-state index in [4.69, 9.17) is 14.2 Å². The lowest BCUT2D eigenvalue weighted by Crippen LogP contribution is -2.56. The Bertz CT molecular complexity index is 535. The molecule has 0 N–H and O–H groups in total. The Labute approximate surface area is 164 Å². The number of hydrogen-bond acceptors (Lipinski definition) is 4. The van der Waals surface area contributed by atoms with E-state index in [9.17, 15) is 4.79 Å². The zero-order valence-corrected chi connectivity index (χ0v) is 16.9. The predicted octanol–water partition coefficient (Wildman–Crippen LogP) is 4.87. The summed E-state index contributed by atoms with van der Waals surface area (Å²) in [5, 5.41) is 0. The van der Waals surface area contributed by atoms with Crippen molar-refractivity contribution >= 4 is 5.97 Å². The smallest absolute Gasteiger partial charge is 0.333 e. The van der Waals surface area contributed by atoms with E-state index in [1.54, 1.807) is 6.92 Å². The molecule has 0 aromatic rings. The van der Waals surface area contributed by atoms with Crippen molar-refractivity contribution < 1.29 is 19.0 Å². The van der Waals surface area contributed by atoms with Crippen molar-refractivity contribution in [1.82, 2.24) is 0 Å². The average molecular weight is 377 g/mol. The molecule has 0 aromatic carbocycles. The molecule has 0 aliphatic heterocycles. The lowest BCUT2D eigenvalue weighted by atomic mass is 9.49. The Morgan fingerprint density at radius 2 is 1.74 bits per heavy atom. The summed E-state index contributed by atoms with van der Waals surface area (Å²) in [7, 11) is 0. The molecular weight excluding hydrogens is 340 g/mol. The minimum Gasteiger partial charge on any atom is -0.458 e. The van der Waals surface area contributed by atoms with E-state index < -0.39 is 0 Å². The molecule has 0 aromatic heterocycles. The van der Waals surface area contributed by atoms with E-state index in [1.807, 2.05) is 0 Å². The van der Waals surface area contributed by atoms with Crippen molar-refractivity contribution in [2.75, 3.05) is 20.0 Å². The Morgan fingerprint density at radius 1 is 1.04 bits per heavy atom. The summed E-state index contributed by atoms with van der Waals surface area (Å²) in [6.45, 7) is 7.58. The van der Waals surface area contributed by atoms with Crippen LogP contribution in [0.1, 0.15) is 71.1 Å². The quantitative estimate of drug-likeness (QED) is 0.262. The number of hydrogen-bond donors (Lipinski definition) is 0. The zero-order valence-electron chi connectivity index (χ0n) is 16.9. The first-order valence-corrected chi connectivity index (χ1v) is 11.1. The molecule has 5 rings (SSSR count). The maximum absolute atomic E-state index is 12.0. The summed E-state index contributed by atoms with van der Waals surface area (Å²) >= 11 is 0. The molecule has 5 aliphatic carbocycles. The molecule has 2 atom stereocenters. The van der Waals surface area contributed by atoms with Crippen molar-refractivity contribution in [1.29, 1.82) is 0 Å². The molecule has 0 heterocycles. The van der Waals surface area contributed by atoms with Gasteiger partial charge in [-0.15, -0.1) is 0 Å². The lowest BCUT2D eigenvalue weighted by Gasteiger charge is -2.59. The van der Waals surface area contributed by atoms with Crippen LogP contribution in [-0.2, 0) is 19.0 Å². The Kier molecular flexibility index (Phi) is 5.94. The monoisotopic (exact) mass is 376 g/mol. The van der Waals surface area contributed by atoms with E-state index in [0.717, 1.165) is 37.9 Å². The first-order valence-electron chi connectivity index (χ1n) is 11.1. The Hall–Kier alpha value is -0.870. The van der Waals surface area contributed by atoms with E-state index in [1.165, 1.54) is 51.4 Å². The Morgan fingerprint density at radius 3 is 2.41 bits per heavy atom. The van der Waals surface area contributed by atoms with Gasteiger partial charge in [-0.2, -0.15) is 0 Å². The minimum absolute atomic E-state index is 0.0985. The molecule has 4 nitrogen and oxygen atoms in total. The fourth-order valence-corrected chi connectivity index (χ4v) is 6.63. The van der Waals surface area contributed by atoms with Crippen molar-refractivity contribution in [2.45, 2.75) is 77.2 Å². The summed E-state index contributed by atoms with van der Waals surface area (Å²) in [5.74, 6) is 2.33. The molecule has 0 amide bonds. The first kappa shape index (κ1) is 19.4. The normalized spacial score (nSPS) is 38.1. The summed E-state index contributed by atoms with van der Waals surface area (Å²) in [6, 6.07) is 0. The lowest BCUT2D eigenvalue weighted by molar-refractivity contribution is -0.192. The van der Waals surface area contributed by atoms with Gasteiger partial charge in [-0.25, -0.2) is 4.79 Å². The van der Waals surface area contributed by atoms with Gasteiger partial charge in [0.15, 0.2) is 0 Å². The van der Waals surface area contributed by atoms with E-state index in [0.29, 0.717) is 24.2 Å². The molecule has 152 valence electrons. The third-order valence-corrected chi connectivity index (χ3v) is 7.56. The van der Waals surface area contributed by atoms with Crippen LogP contribution in [0, 0.1) is 29.1 Å². The molecule has 0 radical (unpaired) electrons. The molecule has 5 fully saturated rings. The third kappa shape index (κ3) is 4.42. The van der Waals surface area contributed by atoms with Crippen LogP contribution < -0.4 is 0 Å². The van der Waals surface area contributed by atoms with Gasteiger partial charge in [0.2, 0.25) is 0 Å². The highest BCUT2D eigenvalue weighted by atomic mass is 16.7. The van der Waals surface area contributed by atoms with Crippen LogP contribution in [0.15, 0.2) is 12.2 Å². The van der Waals surface area contributed by atoms with E-state index in [2.05, 4.69) is 6.58 Å². The number of carbonyl (C=O) groups is 1. The van der Waals surface area contributed by atoms with Gasteiger partial charge in [-0.05, 0) is 81.0 Å². The number of carbonyl (C=O) groups excluding carboxylic acids is 1. The van der Waals surface area contributed by atoms with Crippen molar-refractivity contribution in [2.24, 2.45) is 29.1 Å². The van der Waals surface area contributed by atoms with Gasteiger partial charge in [-0.1, -0.05) is 25.8 Å². The summed E-state index contributed by atoms with van der Waals surface area (Å²) in [5.41, 5.74) is 0.800.